The molecule has 1 N–H and O–H groups in total. The molecule has 2 aliphatic rings. The number of carbonyl (C=O) groups is 2. The number of amides is 3. The van der Waals surface area contributed by atoms with Gasteiger partial charge in [-0.25, -0.2) is 4.79 Å². The number of urea groups is 1. The maximum atomic E-state index is 12.8. The Bertz CT molecular complexity index is 730. The van der Waals surface area contributed by atoms with Gasteiger partial charge in [-0.1, -0.05) is 29.3 Å². The Morgan fingerprint density at radius 3 is 2.57 bits per heavy atom. The van der Waals surface area contributed by atoms with E-state index in [1.54, 1.807) is 30.1 Å². The zero-order valence-corrected chi connectivity index (χ0v) is 14.6. The van der Waals surface area contributed by atoms with Gasteiger partial charge in [0.25, 0.3) is 5.91 Å². The van der Waals surface area contributed by atoms with Gasteiger partial charge in [0.05, 0.1) is 23.9 Å². The summed E-state index contributed by atoms with van der Waals surface area (Å²) < 4.78 is 0. The number of nitrogens with one attached hydrogen (secondary N) is 1. The zero-order valence-electron chi connectivity index (χ0n) is 13.1. The monoisotopic (exact) mass is 353 g/mol. The van der Waals surface area contributed by atoms with Crippen molar-refractivity contribution >= 4 is 35.1 Å². The van der Waals surface area contributed by atoms with E-state index in [4.69, 9.17) is 23.2 Å². The average molecular weight is 354 g/mol. The minimum Gasteiger partial charge on any atom is -0.331 e. The molecule has 0 saturated heterocycles. The highest BCUT2D eigenvalue weighted by Crippen LogP contribution is 2.39. The Balaban J connectivity index is 2.10. The summed E-state index contributed by atoms with van der Waals surface area (Å²) >= 11 is 12.2. The van der Waals surface area contributed by atoms with Crippen molar-refractivity contribution in [1.82, 2.24) is 15.1 Å². The number of hydrogen-bond donors (Lipinski definition) is 1. The second-order valence-electron chi connectivity index (χ2n) is 5.99. The molecule has 2 aliphatic heterocycles. The van der Waals surface area contributed by atoms with Gasteiger partial charge in [-0.2, -0.15) is 0 Å². The van der Waals surface area contributed by atoms with Crippen molar-refractivity contribution in [2.45, 2.75) is 25.9 Å². The van der Waals surface area contributed by atoms with Crippen molar-refractivity contribution in [2.24, 2.45) is 0 Å². The molecule has 0 spiro atoms. The van der Waals surface area contributed by atoms with Crippen LogP contribution < -0.4 is 5.32 Å². The molecule has 0 radical (unpaired) electrons. The van der Waals surface area contributed by atoms with Crippen molar-refractivity contribution in [3.8, 4) is 0 Å². The standard InChI is InChI=1S/C16H17Cl2N3O2/c1-8(2)21-7-12-13(15(21)22)14(19-16(23)20(12)3)10-5-4-9(17)6-11(10)18/h4-6,8,14H,7H2,1-3H3,(H,19,23)/t14-/m0/s1. The quantitative estimate of drug-likeness (QED) is 0.887. The lowest BCUT2D eigenvalue weighted by atomic mass is 9.95. The van der Waals surface area contributed by atoms with Gasteiger partial charge in [-0.15, -0.1) is 0 Å². The second-order valence-corrected chi connectivity index (χ2v) is 6.84. The molecular weight excluding hydrogens is 337 g/mol. The van der Waals surface area contributed by atoms with E-state index in [1.165, 1.54) is 4.90 Å². The van der Waals surface area contributed by atoms with Crippen LogP contribution in [0, 0.1) is 0 Å². The molecule has 122 valence electrons. The highest BCUT2D eigenvalue weighted by Gasteiger charge is 2.43. The summed E-state index contributed by atoms with van der Waals surface area (Å²) in [5, 5.41) is 3.79. The topological polar surface area (TPSA) is 52.7 Å². The van der Waals surface area contributed by atoms with Crippen LogP contribution in [-0.2, 0) is 4.79 Å². The predicted molar refractivity (Wildman–Crippen MR) is 89.4 cm³/mol. The first kappa shape index (κ1) is 16.1. The third-order valence-corrected chi connectivity index (χ3v) is 4.85. The largest absolute Gasteiger partial charge is 0.331 e. The maximum absolute atomic E-state index is 12.8. The van der Waals surface area contributed by atoms with Crippen LogP contribution in [0.1, 0.15) is 25.5 Å². The molecule has 0 aromatic heterocycles. The van der Waals surface area contributed by atoms with Crippen LogP contribution in [0.15, 0.2) is 29.5 Å². The summed E-state index contributed by atoms with van der Waals surface area (Å²) in [7, 11) is 1.67. The van der Waals surface area contributed by atoms with E-state index in [9.17, 15) is 9.59 Å². The summed E-state index contributed by atoms with van der Waals surface area (Å²) in [6, 6.07) is 4.30. The van der Waals surface area contributed by atoms with Crippen molar-refractivity contribution < 1.29 is 9.59 Å². The fraction of sp³-hybridized carbons (Fsp3) is 0.375. The number of likely N-dealkylation sites (N-methyl/N-ethyl adjacent to an activating group) is 1. The summed E-state index contributed by atoms with van der Waals surface area (Å²) in [6.45, 7) is 4.34. The average Bonchev–Trinajstić information content (AvgIpc) is 2.82. The zero-order chi connectivity index (χ0) is 16.9. The SMILES string of the molecule is CC(C)N1CC2=C(C1=O)[C@H](c1ccc(Cl)cc1Cl)NC(=O)N2C. The Labute approximate surface area is 144 Å². The van der Waals surface area contributed by atoms with Crippen molar-refractivity contribution in [1.29, 1.82) is 0 Å². The lowest BCUT2D eigenvalue weighted by Crippen LogP contribution is -2.45. The summed E-state index contributed by atoms with van der Waals surface area (Å²) in [6.07, 6.45) is 0. The van der Waals surface area contributed by atoms with E-state index in [0.717, 1.165) is 5.70 Å². The molecule has 1 atom stereocenters. The molecule has 23 heavy (non-hydrogen) atoms. The van der Waals surface area contributed by atoms with Crippen LogP contribution in [-0.4, -0.2) is 41.4 Å². The van der Waals surface area contributed by atoms with E-state index in [2.05, 4.69) is 5.32 Å². The summed E-state index contributed by atoms with van der Waals surface area (Å²) in [5.41, 5.74) is 1.97. The van der Waals surface area contributed by atoms with Crippen LogP contribution >= 0.6 is 23.2 Å². The van der Waals surface area contributed by atoms with E-state index < -0.39 is 6.04 Å². The Kier molecular flexibility index (Phi) is 4.02. The molecule has 0 saturated carbocycles. The van der Waals surface area contributed by atoms with Gasteiger partial charge in [0.15, 0.2) is 0 Å². The Morgan fingerprint density at radius 1 is 1.26 bits per heavy atom. The normalized spacial score (nSPS) is 21.2. The first-order chi connectivity index (χ1) is 10.8. The van der Waals surface area contributed by atoms with Crippen LogP contribution in [0.25, 0.3) is 0 Å². The summed E-state index contributed by atoms with van der Waals surface area (Å²) in [5.74, 6) is -0.0714. The number of rotatable bonds is 2. The fourth-order valence-electron chi connectivity index (χ4n) is 2.97. The van der Waals surface area contributed by atoms with Gasteiger partial charge >= 0.3 is 6.03 Å². The van der Waals surface area contributed by atoms with Gasteiger partial charge in [0.1, 0.15) is 0 Å². The molecule has 1 aromatic carbocycles. The molecule has 2 heterocycles. The summed E-state index contributed by atoms with van der Waals surface area (Å²) in [4.78, 5) is 28.3. The third-order valence-electron chi connectivity index (χ3n) is 4.29. The number of benzene rings is 1. The van der Waals surface area contributed by atoms with Crippen LogP contribution in [0.2, 0.25) is 10.0 Å². The first-order valence-corrected chi connectivity index (χ1v) is 8.10. The number of nitrogens with zero attached hydrogens (tertiary/aromatic N) is 2. The molecule has 3 rings (SSSR count). The van der Waals surface area contributed by atoms with Crippen LogP contribution in [0.3, 0.4) is 0 Å². The Morgan fingerprint density at radius 2 is 1.96 bits per heavy atom. The van der Waals surface area contributed by atoms with Crippen molar-refractivity contribution in [3.63, 3.8) is 0 Å². The number of hydrogen-bond acceptors (Lipinski definition) is 2. The van der Waals surface area contributed by atoms with Gasteiger partial charge < -0.3 is 10.2 Å². The molecule has 1 aromatic rings. The molecule has 0 aliphatic carbocycles. The molecule has 0 unspecified atom stereocenters. The fourth-order valence-corrected chi connectivity index (χ4v) is 3.49. The lowest BCUT2D eigenvalue weighted by molar-refractivity contribution is -0.127. The van der Waals surface area contributed by atoms with Gasteiger partial charge in [0, 0.05) is 23.1 Å². The van der Waals surface area contributed by atoms with Gasteiger partial charge in [-0.05, 0) is 31.5 Å². The minimum atomic E-state index is -0.560. The van der Waals surface area contributed by atoms with Crippen molar-refractivity contribution in [2.75, 3.05) is 13.6 Å². The van der Waals surface area contributed by atoms with Crippen LogP contribution in [0.5, 0.6) is 0 Å². The van der Waals surface area contributed by atoms with Gasteiger partial charge in [0.2, 0.25) is 0 Å². The lowest BCUT2D eigenvalue weighted by Gasteiger charge is -2.31. The highest BCUT2D eigenvalue weighted by molar-refractivity contribution is 6.35. The second kappa shape index (κ2) is 5.73. The highest BCUT2D eigenvalue weighted by atomic mass is 35.5. The minimum absolute atomic E-state index is 0.0536. The van der Waals surface area contributed by atoms with E-state index in [-0.39, 0.29) is 18.0 Å². The molecular formula is C16H17Cl2N3O2. The van der Waals surface area contributed by atoms with Gasteiger partial charge in [-0.3, -0.25) is 9.69 Å². The maximum Gasteiger partial charge on any atom is 0.322 e. The molecule has 0 bridgehead atoms. The number of halogens is 2. The molecule has 5 nitrogen and oxygen atoms in total. The van der Waals surface area contributed by atoms with E-state index in [0.29, 0.717) is 27.7 Å². The van der Waals surface area contributed by atoms with E-state index in [1.807, 2.05) is 13.8 Å². The predicted octanol–water partition coefficient (Wildman–Crippen LogP) is 3.19. The Hall–Kier alpha value is -1.72. The molecule has 7 heteroatoms. The smallest absolute Gasteiger partial charge is 0.322 e. The molecule has 3 amide bonds. The molecule has 0 fully saturated rings. The van der Waals surface area contributed by atoms with Crippen LogP contribution in [0.4, 0.5) is 4.79 Å². The third kappa shape index (κ3) is 2.58. The number of carbonyl (C=O) groups excluding carboxylic acids is 2. The first-order valence-electron chi connectivity index (χ1n) is 7.34. The van der Waals surface area contributed by atoms with E-state index >= 15 is 0 Å². The van der Waals surface area contributed by atoms with Crippen molar-refractivity contribution in [3.05, 3.63) is 45.1 Å².